The first-order valence-corrected chi connectivity index (χ1v) is 5.28. The predicted molar refractivity (Wildman–Crippen MR) is 66.9 cm³/mol. The highest BCUT2D eigenvalue weighted by Crippen LogP contribution is 2.52. The van der Waals surface area contributed by atoms with Crippen LogP contribution >= 0.6 is 0 Å². The van der Waals surface area contributed by atoms with Crippen LogP contribution in [0, 0.1) is 0 Å². The van der Waals surface area contributed by atoms with Gasteiger partial charge < -0.3 is 24.4 Å². The zero-order chi connectivity index (χ0) is 13.3. The molecule has 5 heteroatoms. The molecular formula is C13H14O5. The Balaban J connectivity index is 2.97. The minimum absolute atomic E-state index is 0.0759. The predicted octanol–water partition coefficient (Wildman–Crippen LogP) is 2.28. The van der Waals surface area contributed by atoms with Gasteiger partial charge in [-0.05, 0) is 6.07 Å². The summed E-state index contributed by atoms with van der Waals surface area (Å²) >= 11 is 0. The van der Waals surface area contributed by atoms with Crippen LogP contribution in [-0.4, -0.2) is 31.5 Å². The van der Waals surface area contributed by atoms with Crippen molar-refractivity contribution >= 4 is 10.8 Å². The molecule has 0 fully saturated rings. The second-order valence-corrected chi connectivity index (χ2v) is 3.65. The van der Waals surface area contributed by atoms with E-state index < -0.39 is 0 Å². The zero-order valence-corrected chi connectivity index (χ0v) is 10.4. The van der Waals surface area contributed by atoms with E-state index in [9.17, 15) is 10.2 Å². The van der Waals surface area contributed by atoms with Gasteiger partial charge in [-0.3, -0.25) is 0 Å². The van der Waals surface area contributed by atoms with Crippen molar-refractivity contribution in [2.75, 3.05) is 21.3 Å². The third-order valence-electron chi connectivity index (χ3n) is 2.78. The van der Waals surface area contributed by atoms with Gasteiger partial charge in [-0.1, -0.05) is 12.1 Å². The average molecular weight is 250 g/mol. The van der Waals surface area contributed by atoms with Gasteiger partial charge in [0.2, 0.25) is 11.5 Å². The molecule has 2 aromatic rings. The molecule has 0 aliphatic carbocycles. The van der Waals surface area contributed by atoms with E-state index >= 15 is 0 Å². The lowest BCUT2D eigenvalue weighted by molar-refractivity contribution is 0.319. The Morgan fingerprint density at radius 1 is 0.833 bits per heavy atom. The molecule has 0 aliphatic rings. The molecular weight excluding hydrogens is 236 g/mol. The first-order chi connectivity index (χ1) is 8.65. The summed E-state index contributed by atoms with van der Waals surface area (Å²) in [5, 5.41) is 21.2. The van der Waals surface area contributed by atoms with E-state index in [0.717, 1.165) is 0 Å². The highest BCUT2D eigenvalue weighted by molar-refractivity contribution is 6.02. The van der Waals surface area contributed by atoms with Gasteiger partial charge in [0.05, 0.1) is 26.7 Å². The van der Waals surface area contributed by atoms with Crippen LogP contribution in [0.25, 0.3) is 10.8 Å². The molecule has 96 valence electrons. The fourth-order valence-electron chi connectivity index (χ4n) is 1.97. The Kier molecular flexibility index (Phi) is 3.06. The van der Waals surface area contributed by atoms with Crippen LogP contribution in [0.15, 0.2) is 18.2 Å². The van der Waals surface area contributed by atoms with E-state index in [0.29, 0.717) is 16.5 Å². The number of aromatic hydroxyl groups is 2. The van der Waals surface area contributed by atoms with E-state index in [1.807, 2.05) is 0 Å². The number of fused-ring (bicyclic) bond motifs is 1. The lowest BCUT2D eigenvalue weighted by Crippen LogP contribution is -1.94. The molecule has 0 aliphatic heterocycles. The summed E-state index contributed by atoms with van der Waals surface area (Å²) in [6, 6.07) is 5.06. The minimum atomic E-state index is -0.125. The van der Waals surface area contributed by atoms with Gasteiger partial charge in [0.15, 0.2) is 11.5 Å². The maximum atomic E-state index is 10.2. The third-order valence-corrected chi connectivity index (χ3v) is 2.78. The highest BCUT2D eigenvalue weighted by atomic mass is 16.5. The first kappa shape index (κ1) is 12.2. The van der Waals surface area contributed by atoms with E-state index in [-0.39, 0.29) is 23.0 Å². The molecule has 0 spiro atoms. The molecule has 0 atom stereocenters. The average Bonchev–Trinajstić information content (AvgIpc) is 2.41. The Labute approximate surface area is 104 Å². The monoisotopic (exact) mass is 250 g/mol. The fourth-order valence-corrected chi connectivity index (χ4v) is 1.97. The van der Waals surface area contributed by atoms with Crippen molar-refractivity contribution in [1.29, 1.82) is 0 Å². The Bertz CT molecular complexity index is 592. The Hall–Kier alpha value is -2.30. The van der Waals surface area contributed by atoms with Crippen LogP contribution in [-0.2, 0) is 0 Å². The van der Waals surface area contributed by atoms with Gasteiger partial charge in [-0.15, -0.1) is 0 Å². The molecule has 2 aromatic carbocycles. The lowest BCUT2D eigenvalue weighted by atomic mass is 10.1. The number of rotatable bonds is 3. The highest BCUT2D eigenvalue weighted by Gasteiger charge is 2.22. The summed E-state index contributed by atoms with van der Waals surface area (Å²) in [6.45, 7) is 0. The summed E-state index contributed by atoms with van der Waals surface area (Å²) < 4.78 is 15.3. The number of hydrogen-bond acceptors (Lipinski definition) is 5. The van der Waals surface area contributed by atoms with Gasteiger partial charge in [0.1, 0.15) is 5.75 Å². The standard InChI is InChI=1S/C13H14O5/c1-16-8-6-4-5-7-9(8)11(15)13(18-3)12(17-2)10(7)14/h4-6,14-15H,1-3H3. The molecule has 0 aromatic heterocycles. The van der Waals surface area contributed by atoms with Crippen molar-refractivity contribution in [2.45, 2.75) is 0 Å². The van der Waals surface area contributed by atoms with Crippen molar-refractivity contribution in [3.05, 3.63) is 18.2 Å². The Morgan fingerprint density at radius 2 is 1.44 bits per heavy atom. The SMILES string of the molecule is COc1c(OC)c(O)c2c(OC)cccc2c1O. The smallest absolute Gasteiger partial charge is 0.207 e. The second kappa shape index (κ2) is 4.52. The molecule has 0 amide bonds. The van der Waals surface area contributed by atoms with Crippen molar-refractivity contribution in [3.8, 4) is 28.7 Å². The van der Waals surface area contributed by atoms with Crippen molar-refractivity contribution in [3.63, 3.8) is 0 Å². The van der Waals surface area contributed by atoms with Crippen LogP contribution in [0.5, 0.6) is 28.7 Å². The molecule has 0 saturated carbocycles. The largest absolute Gasteiger partial charge is 0.504 e. The zero-order valence-electron chi connectivity index (χ0n) is 10.4. The normalized spacial score (nSPS) is 10.4. The quantitative estimate of drug-likeness (QED) is 0.818. The van der Waals surface area contributed by atoms with Gasteiger partial charge in [0, 0.05) is 5.39 Å². The van der Waals surface area contributed by atoms with E-state index in [4.69, 9.17) is 14.2 Å². The third kappa shape index (κ3) is 1.55. The topological polar surface area (TPSA) is 68.2 Å². The molecule has 0 bridgehead atoms. The second-order valence-electron chi connectivity index (χ2n) is 3.65. The molecule has 5 nitrogen and oxygen atoms in total. The molecule has 0 unspecified atom stereocenters. The van der Waals surface area contributed by atoms with E-state index in [1.54, 1.807) is 18.2 Å². The van der Waals surface area contributed by atoms with Crippen molar-refractivity contribution in [1.82, 2.24) is 0 Å². The Morgan fingerprint density at radius 3 is 2.00 bits per heavy atom. The van der Waals surface area contributed by atoms with E-state index in [1.165, 1.54) is 21.3 Å². The fraction of sp³-hybridized carbons (Fsp3) is 0.231. The van der Waals surface area contributed by atoms with Crippen LogP contribution in [0.4, 0.5) is 0 Å². The lowest BCUT2D eigenvalue weighted by Gasteiger charge is -2.15. The van der Waals surface area contributed by atoms with Gasteiger partial charge in [-0.25, -0.2) is 0 Å². The van der Waals surface area contributed by atoms with Gasteiger partial charge in [-0.2, -0.15) is 0 Å². The first-order valence-electron chi connectivity index (χ1n) is 5.28. The number of benzene rings is 2. The molecule has 0 radical (unpaired) electrons. The van der Waals surface area contributed by atoms with Crippen LogP contribution < -0.4 is 14.2 Å². The van der Waals surface area contributed by atoms with Crippen LogP contribution in [0.2, 0.25) is 0 Å². The van der Waals surface area contributed by atoms with Gasteiger partial charge in [0.25, 0.3) is 0 Å². The van der Waals surface area contributed by atoms with Gasteiger partial charge >= 0.3 is 0 Å². The number of methoxy groups -OCH3 is 3. The molecule has 0 heterocycles. The van der Waals surface area contributed by atoms with Crippen molar-refractivity contribution < 1.29 is 24.4 Å². The van der Waals surface area contributed by atoms with Crippen molar-refractivity contribution in [2.24, 2.45) is 0 Å². The van der Waals surface area contributed by atoms with Crippen LogP contribution in [0.3, 0.4) is 0 Å². The molecule has 2 N–H and O–H groups in total. The number of ether oxygens (including phenoxy) is 3. The number of phenols is 2. The van der Waals surface area contributed by atoms with Crippen LogP contribution in [0.1, 0.15) is 0 Å². The summed E-state index contributed by atoms with van der Waals surface area (Å²) in [6.07, 6.45) is 0. The number of hydrogen-bond donors (Lipinski definition) is 2. The van der Waals surface area contributed by atoms with E-state index in [2.05, 4.69) is 0 Å². The summed E-state index contributed by atoms with van der Waals surface area (Å²) in [5.41, 5.74) is 0. The number of phenolic OH excluding ortho intramolecular Hbond substituents is 2. The molecule has 0 saturated heterocycles. The molecule has 2 rings (SSSR count). The summed E-state index contributed by atoms with van der Waals surface area (Å²) in [5.74, 6) is 0.393. The summed E-state index contributed by atoms with van der Waals surface area (Å²) in [4.78, 5) is 0. The summed E-state index contributed by atoms with van der Waals surface area (Å²) in [7, 11) is 4.27. The molecule has 18 heavy (non-hydrogen) atoms. The maximum absolute atomic E-state index is 10.2. The minimum Gasteiger partial charge on any atom is -0.504 e. The maximum Gasteiger partial charge on any atom is 0.207 e.